The van der Waals surface area contributed by atoms with Gasteiger partial charge in [0, 0.05) is 19.2 Å². The van der Waals surface area contributed by atoms with Crippen LogP contribution in [-0.2, 0) is 14.8 Å². The molecule has 1 fully saturated rings. The van der Waals surface area contributed by atoms with E-state index >= 15 is 0 Å². The van der Waals surface area contributed by atoms with Gasteiger partial charge in [0.25, 0.3) is 0 Å². The molecule has 0 amide bonds. The van der Waals surface area contributed by atoms with Gasteiger partial charge in [-0.1, -0.05) is 0 Å². The summed E-state index contributed by atoms with van der Waals surface area (Å²) in [6, 6.07) is 0.248. The van der Waals surface area contributed by atoms with Crippen molar-refractivity contribution in [2.24, 2.45) is 11.7 Å². The molecule has 2 unspecified atom stereocenters. The van der Waals surface area contributed by atoms with Crippen LogP contribution in [0.5, 0.6) is 0 Å². The Kier molecular flexibility index (Phi) is 5.68. The van der Waals surface area contributed by atoms with Crippen LogP contribution in [0.3, 0.4) is 0 Å². The Morgan fingerprint density at radius 2 is 2.19 bits per heavy atom. The fourth-order valence-electron chi connectivity index (χ4n) is 1.93. The van der Waals surface area contributed by atoms with Crippen LogP contribution in [0.2, 0.25) is 0 Å². The molecule has 1 aliphatic rings. The second-order valence-corrected chi connectivity index (χ2v) is 6.23. The van der Waals surface area contributed by atoms with Gasteiger partial charge in [-0.15, -0.1) is 0 Å². The van der Waals surface area contributed by atoms with E-state index < -0.39 is 10.0 Å². The van der Waals surface area contributed by atoms with E-state index in [0.717, 1.165) is 19.3 Å². The van der Waals surface area contributed by atoms with E-state index in [4.69, 9.17) is 10.5 Å². The molecule has 0 aromatic carbocycles. The van der Waals surface area contributed by atoms with E-state index in [9.17, 15) is 8.42 Å². The minimum Gasteiger partial charge on any atom is -0.381 e. The molecular weight excluding hydrogens is 228 g/mol. The molecule has 0 saturated heterocycles. The second kappa shape index (κ2) is 6.54. The first-order valence-electron chi connectivity index (χ1n) is 5.84. The number of rotatable bonds is 7. The highest BCUT2D eigenvalue weighted by atomic mass is 32.2. The van der Waals surface area contributed by atoms with Crippen molar-refractivity contribution in [1.29, 1.82) is 0 Å². The van der Waals surface area contributed by atoms with Crippen molar-refractivity contribution >= 4 is 10.0 Å². The quantitative estimate of drug-likeness (QED) is 0.627. The molecule has 1 rings (SSSR count). The SMILES string of the molecule is CCOCCS(=O)(=O)NCC1CCC(N)C1. The smallest absolute Gasteiger partial charge is 0.213 e. The van der Waals surface area contributed by atoms with Crippen LogP contribution in [0.1, 0.15) is 26.2 Å². The summed E-state index contributed by atoms with van der Waals surface area (Å²) in [5.41, 5.74) is 5.77. The van der Waals surface area contributed by atoms with E-state index in [0.29, 0.717) is 19.1 Å². The lowest BCUT2D eigenvalue weighted by Gasteiger charge is -2.11. The van der Waals surface area contributed by atoms with Gasteiger partial charge in [0.2, 0.25) is 10.0 Å². The Morgan fingerprint density at radius 1 is 1.44 bits per heavy atom. The zero-order chi connectivity index (χ0) is 12.0. The predicted octanol–water partition coefficient (Wildman–Crippen LogP) is 0.0697. The van der Waals surface area contributed by atoms with E-state index in [1.54, 1.807) is 0 Å². The summed E-state index contributed by atoms with van der Waals surface area (Å²) in [5.74, 6) is 0.441. The topological polar surface area (TPSA) is 81.4 Å². The van der Waals surface area contributed by atoms with Crippen molar-refractivity contribution in [2.45, 2.75) is 32.2 Å². The largest absolute Gasteiger partial charge is 0.381 e. The average Bonchev–Trinajstić information content (AvgIpc) is 2.62. The lowest BCUT2D eigenvalue weighted by molar-refractivity contribution is 0.163. The summed E-state index contributed by atoms with van der Waals surface area (Å²) in [7, 11) is -3.17. The molecule has 0 heterocycles. The monoisotopic (exact) mass is 250 g/mol. The lowest BCUT2D eigenvalue weighted by Crippen LogP contribution is -2.32. The maximum absolute atomic E-state index is 11.5. The summed E-state index contributed by atoms with van der Waals surface area (Å²) < 4.78 is 30.7. The Labute approximate surface area is 97.8 Å². The van der Waals surface area contributed by atoms with Crippen molar-refractivity contribution in [3.05, 3.63) is 0 Å². The molecule has 16 heavy (non-hydrogen) atoms. The Bertz CT molecular complexity index is 292. The van der Waals surface area contributed by atoms with Crippen LogP contribution >= 0.6 is 0 Å². The number of ether oxygens (including phenoxy) is 1. The first-order valence-corrected chi connectivity index (χ1v) is 7.49. The van der Waals surface area contributed by atoms with Gasteiger partial charge in [-0.3, -0.25) is 0 Å². The van der Waals surface area contributed by atoms with Crippen molar-refractivity contribution in [3.8, 4) is 0 Å². The van der Waals surface area contributed by atoms with Gasteiger partial charge in [0.05, 0.1) is 12.4 Å². The van der Waals surface area contributed by atoms with Gasteiger partial charge in [0.15, 0.2) is 0 Å². The Hall–Kier alpha value is -0.170. The number of hydrogen-bond acceptors (Lipinski definition) is 4. The van der Waals surface area contributed by atoms with Crippen LogP contribution in [-0.4, -0.2) is 40.0 Å². The predicted molar refractivity (Wildman–Crippen MR) is 63.6 cm³/mol. The highest BCUT2D eigenvalue weighted by Gasteiger charge is 2.23. The highest BCUT2D eigenvalue weighted by molar-refractivity contribution is 7.89. The molecule has 5 nitrogen and oxygen atoms in total. The summed E-state index contributed by atoms with van der Waals surface area (Å²) >= 11 is 0. The van der Waals surface area contributed by atoms with Crippen molar-refractivity contribution < 1.29 is 13.2 Å². The van der Waals surface area contributed by atoms with E-state index in [1.807, 2.05) is 6.92 Å². The standard InChI is InChI=1S/C10H22N2O3S/c1-2-15-5-6-16(13,14)12-8-9-3-4-10(11)7-9/h9-10,12H,2-8,11H2,1H3. The third-order valence-electron chi connectivity index (χ3n) is 2.87. The summed E-state index contributed by atoms with van der Waals surface area (Å²) in [6.07, 6.45) is 2.95. The van der Waals surface area contributed by atoms with Crippen LogP contribution in [0, 0.1) is 5.92 Å². The van der Waals surface area contributed by atoms with E-state index in [2.05, 4.69) is 4.72 Å². The van der Waals surface area contributed by atoms with Gasteiger partial charge >= 0.3 is 0 Å². The maximum Gasteiger partial charge on any atom is 0.213 e. The molecule has 3 N–H and O–H groups in total. The molecule has 0 spiro atoms. The molecule has 2 atom stereocenters. The lowest BCUT2D eigenvalue weighted by atomic mass is 10.1. The average molecular weight is 250 g/mol. The van der Waals surface area contributed by atoms with Gasteiger partial charge in [-0.05, 0) is 32.1 Å². The molecule has 96 valence electrons. The molecular formula is C10H22N2O3S. The Balaban J connectivity index is 2.20. The van der Waals surface area contributed by atoms with Crippen molar-refractivity contribution in [2.75, 3.05) is 25.5 Å². The Morgan fingerprint density at radius 3 is 2.75 bits per heavy atom. The maximum atomic E-state index is 11.5. The molecule has 1 aliphatic carbocycles. The molecule has 6 heteroatoms. The van der Waals surface area contributed by atoms with Crippen molar-refractivity contribution in [1.82, 2.24) is 4.72 Å². The summed E-state index contributed by atoms with van der Waals surface area (Å²) in [6.45, 7) is 3.17. The zero-order valence-electron chi connectivity index (χ0n) is 9.81. The molecule has 0 aliphatic heterocycles. The summed E-state index contributed by atoms with van der Waals surface area (Å²) in [5, 5.41) is 0. The number of sulfonamides is 1. The van der Waals surface area contributed by atoms with Crippen LogP contribution in [0.4, 0.5) is 0 Å². The first-order chi connectivity index (χ1) is 7.53. The molecule has 0 bridgehead atoms. The fraction of sp³-hybridized carbons (Fsp3) is 1.00. The van der Waals surface area contributed by atoms with Crippen LogP contribution < -0.4 is 10.5 Å². The van der Waals surface area contributed by atoms with E-state index in [1.165, 1.54) is 0 Å². The normalized spacial score (nSPS) is 26.1. The van der Waals surface area contributed by atoms with E-state index in [-0.39, 0.29) is 18.4 Å². The third kappa shape index (κ3) is 5.25. The molecule has 1 saturated carbocycles. The van der Waals surface area contributed by atoms with Gasteiger partial charge in [-0.2, -0.15) is 0 Å². The van der Waals surface area contributed by atoms with Crippen LogP contribution in [0.25, 0.3) is 0 Å². The zero-order valence-corrected chi connectivity index (χ0v) is 10.6. The van der Waals surface area contributed by atoms with Gasteiger partial charge in [0.1, 0.15) is 0 Å². The second-order valence-electron chi connectivity index (χ2n) is 4.30. The summed E-state index contributed by atoms with van der Waals surface area (Å²) in [4.78, 5) is 0. The van der Waals surface area contributed by atoms with Gasteiger partial charge < -0.3 is 10.5 Å². The number of nitrogens with one attached hydrogen (secondary N) is 1. The minimum atomic E-state index is -3.17. The number of hydrogen-bond donors (Lipinski definition) is 2. The molecule has 0 radical (unpaired) electrons. The van der Waals surface area contributed by atoms with Gasteiger partial charge in [-0.25, -0.2) is 13.1 Å². The van der Waals surface area contributed by atoms with Crippen molar-refractivity contribution in [3.63, 3.8) is 0 Å². The number of nitrogens with two attached hydrogens (primary N) is 1. The fourth-order valence-corrected chi connectivity index (χ4v) is 2.90. The molecule has 0 aromatic rings. The van der Waals surface area contributed by atoms with Crippen LogP contribution in [0.15, 0.2) is 0 Å². The first kappa shape index (κ1) is 13.9. The minimum absolute atomic E-state index is 0.0413. The molecule has 0 aromatic heterocycles. The third-order valence-corrected chi connectivity index (χ3v) is 4.18. The highest BCUT2D eigenvalue weighted by Crippen LogP contribution is 2.23.